The number of para-hydroxylation sites is 1. The molecule has 0 spiro atoms. The molecule has 1 amide bonds. The highest BCUT2D eigenvalue weighted by Crippen LogP contribution is 2.20. The van der Waals surface area contributed by atoms with Gasteiger partial charge in [-0.3, -0.25) is 4.90 Å². The van der Waals surface area contributed by atoms with Crippen LogP contribution in [-0.2, 0) is 9.53 Å². The van der Waals surface area contributed by atoms with Crippen molar-refractivity contribution >= 4 is 17.7 Å². The highest BCUT2D eigenvalue weighted by atomic mass is 16.6. The summed E-state index contributed by atoms with van der Waals surface area (Å²) in [5, 5.41) is 8.69. The number of ether oxygens (including phenoxy) is 1. The van der Waals surface area contributed by atoms with Gasteiger partial charge in [-0.25, -0.2) is 9.59 Å². The zero-order valence-electron chi connectivity index (χ0n) is 7.79. The van der Waals surface area contributed by atoms with Crippen LogP contribution in [0.25, 0.3) is 0 Å². The van der Waals surface area contributed by atoms with E-state index in [1.165, 1.54) is 4.90 Å². The van der Waals surface area contributed by atoms with E-state index in [1.807, 2.05) is 6.07 Å². The molecule has 1 N–H and O–H groups in total. The number of cyclic esters (lactones) is 1. The van der Waals surface area contributed by atoms with Crippen LogP contribution in [0, 0.1) is 0 Å². The molecule has 5 nitrogen and oxygen atoms in total. The molecule has 5 heteroatoms. The highest BCUT2D eigenvalue weighted by Gasteiger charge is 2.36. The number of hydrogen-bond donors (Lipinski definition) is 1. The zero-order valence-corrected chi connectivity index (χ0v) is 7.79. The maximum Gasteiger partial charge on any atom is 0.415 e. The van der Waals surface area contributed by atoms with Gasteiger partial charge in [0, 0.05) is 5.69 Å². The molecule has 2 rings (SSSR count). The van der Waals surface area contributed by atoms with E-state index < -0.39 is 18.2 Å². The normalized spacial score (nSPS) is 20.1. The molecule has 1 aromatic carbocycles. The maximum atomic E-state index is 11.3. The fourth-order valence-electron chi connectivity index (χ4n) is 1.41. The molecular weight excluding hydrogens is 198 g/mol. The summed E-state index contributed by atoms with van der Waals surface area (Å²) in [6, 6.07) is 8.82. The first kappa shape index (κ1) is 9.51. The molecule has 1 aliphatic heterocycles. The van der Waals surface area contributed by atoms with Crippen LogP contribution in [-0.4, -0.2) is 29.8 Å². The van der Waals surface area contributed by atoms with Gasteiger partial charge in [0.15, 0.2) is 0 Å². The van der Waals surface area contributed by atoms with E-state index in [9.17, 15) is 9.59 Å². The Morgan fingerprint density at radius 1 is 1.40 bits per heavy atom. The minimum atomic E-state index is -1.12. The summed E-state index contributed by atoms with van der Waals surface area (Å²) in [4.78, 5) is 23.3. The van der Waals surface area contributed by atoms with Gasteiger partial charge in [-0.1, -0.05) is 18.2 Å². The molecule has 1 atom stereocenters. The smallest absolute Gasteiger partial charge is 0.415 e. The van der Waals surface area contributed by atoms with Gasteiger partial charge in [0.2, 0.25) is 6.10 Å². The Morgan fingerprint density at radius 2 is 2.07 bits per heavy atom. The Balaban J connectivity index is 2.19. The van der Waals surface area contributed by atoms with E-state index in [2.05, 4.69) is 4.74 Å². The maximum absolute atomic E-state index is 11.3. The molecular formula is C10H9NO4. The standard InChI is InChI=1S/C10H9NO4/c12-9(13)8-6-11(10(14)15-8)7-4-2-1-3-5-7/h1-5,8H,6H2,(H,12,13)/t8-/m1/s1. The summed E-state index contributed by atoms with van der Waals surface area (Å²) < 4.78 is 4.68. The number of carboxylic acids is 1. The van der Waals surface area contributed by atoms with Gasteiger partial charge in [-0.15, -0.1) is 0 Å². The number of carbonyl (C=O) groups excluding carboxylic acids is 1. The molecule has 1 aliphatic rings. The quantitative estimate of drug-likeness (QED) is 0.788. The van der Waals surface area contributed by atoms with Gasteiger partial charge in [0.05, 0.1) is 6.54 Å². The number of anilines is 1. The number of nitrogens with zero attached hydrogens (tertiary/aromatic N) is 1. The van der Waals surface area contributed by atoms with Crippen molar-refractivity contribution < 1.29 is 19.4 Å². The summed E-state index contributed by atoms with van der Waals surface area (Å²) in [7, 11) is 0. The van der Waals surface area contributed by atoms with Crippen LogP contribution < -0.4 is 4.90 Å². The highest BCUT2D eigenvalue weighted by molar-refractivity contribution is 5.93. The van der Waals surface area contributed by atoms with Gasteiger partial charge in [0.25, 0.3) is 0 Å². The average molecular weight is 207 g/mol. The van der Waals surface area contributed by atoms with Crippen molar-refractivity contribution in [1.29, 1.82) is 0 Å². The van der Waals surface area contributed by atoms with E-state index in [-0.39, 0.29) is 6.54 Å². The summed E-state index contributed by atoms with van der Waals surface area (Å²) in [6.45, 7) is 0.0537. The van der Waals surface area contributed by atoms with Crippen molar-refractivity contribution in [2.75, 3.05) is 11.4 Å². The van der Waals surface area contributed by atoms with Crippen LogP contribution in [0.4, 0.5) is 10.5 Å². The van der Waals surface area contributed by atoms with Gasteiger partial charge in [0.1, 0.15) is 0 Å². The van der Waals surface area contributed by atoms with Gasteiger partial charge in [-0.05, 0) is 12.1 Å². The van der Waals surface area contributed by atoms with Crippen LogP contribution in [0.3, 0.4) is 0 Å². The molecule has 0 aromatic heterocycles. The summed E-state index contributed by atoms with van der Waals surface area (Å²) >= 11 is 0. The Kier molecular flexibility index (Phi) is 2.29. The lowest BCUT2D eigenvalue weighted by Crippen LogP contribution is -2.27. The molecule has 1 saturated heterocycles. The van der Waals surface area contributed by atoms with Crippen molar-refractivity contribution in [1.82, 2.24) is 0 Å². The SMILES string of the molecule is O=C(O)[C@H]1CN(c2ccccc2)C(=O)O1. The van der Waals surface area contributed by atoms with Crippen LogP contribution >= 0.6 is 0 Å². The molecule has 0 bridgehead atoms. The number of aliphatic carboxylic acids is 1. The van der Waals surface area contributed by atoms with Crippen LogP contribution in [0.1, 0.15) is 0 Å². The lowest BCUT2D eigenvalue weighted by molar-refractivity contribution is -0.144. The molecule has 15 heavy (non-hydrogen) atoms. The van der Waals surface area contributed by atoms with Gasteiger partial charge < -0.3 is 9.84 Å². The third kappa shape index (κ3) is 1.76. The summed E-state index contributed by atoms with van der Waals surface area (Å²) in [5.74, 6) is -1.12. The number of carbonyl (C=O) groups is 2. The van der Waals surface area contributed by atoms with E-state index in [0.29, 0.717) is 5.69 Å². The minimum Gasteiger partial charge on any atom is -0.478 e. The predicted octanol–water partition coefficient (Wildman–Crippen LogP) is 1.10. The van der Waals surface area contributed by atoms with Gasteiger partial charge >= 0.3 is 12.1 Å². The second-order valence-electron chi connectivity index (χ2n) is 3.16. The van der Waals surface area contributed by atoms with E-state index in [1.54, 1.807) is 24.3 Å². The Morgan fingerprint density at radius 3 is 2.60 bits per heavy atom. The second kappa shape index (κ2) is 3.61. The van der Waals surface area contributed by atoms with E-state index in [0.717, 1.165) is 0 Å². The number of hydrogen-bond acceptors (Lipinski definition) is 3. The average Bonchev–Trinajstić information content (AvgIpc) is 2.62. The molecule has 0 aliphatic carbocycles. The fraction of sp³-hybridized carbons (Fsp3) is 0.200. The zero-order chi connectivity index (χ0) is 10.8. The van der Waals surface area contributed by atoms with Crippen molar-refractivity contribution in [3.63, 3.8) is 0 Å². The first-order valence-electron chi connectivity index (χ1n) is 4.44. The molecule has 1 aromatic rings. The van der Waals surface area contributed by atoms with E-state index >= 15 is 0 Å². The van der Waals surface area contributed by atoms with Crippen molar-refractivity contribution in [3.8, 4) is 0 Å². The van der Waals surface area contributed by atoms with Crippen LogP contribution in [0.5, 0.6) is 0 Å². The number of rotatable bonds is 2. The van der Waals surface area contributed by atoms with Crippen LogP contribution in [0.2, 0.25) is 0 Å². The van der Waals surface area contributed by atoms with E-state index in [4.69, 9.17) is 5.11 Å². The number of benzene rings is 1. The number of carboxylic acid groups (broad SMARTS) is 1. The lowest BCUT2D eigenvalue weighted by atomic mass is 10.3. The molecule has 0 radical (unpaired) electrons. The fourth-order valence-corrected chi connectivity index (χ4v) is 1.41. The topological polar surface area (TPSA) is 66.8 Å². The lowest BCUT2D eigenvalue weighted by Gasteiger charge is -2.11. The monoisotopic (exact) mass is 207 g/mol. The minimum absolute atomic E-state index is 0.0537. The Labute approximate surface area is 85.9 Å². The molecule has 1 heterocycles. The first-order chi connectivity index (χ1) is 7.18. The second-order valence-corrected chi connectivity index (χ2v) is 3.16. The third-order valence-corrected chi connectivity index (χ3v) is 2.16. The Bertz CT molecular complexity index is 390. The molecule has 1 fully saturated rings. The molecule has 0 saturated carbocycles. The predicted molar refractivity (Wildman–Crippen MR) is 51.7 cm³/mol. The largest absolute Gasteiger partial charge is 0.478 e. The Hall–Kier alpha value is -2.04. The number of amides is 1. The van der Waals surface area contributed by atoms with Crippen molar-refractivity contribution in [2.45, 2.75) is 6.10 Å². The van der Waals surface area contributed by atoms with Crippen LogP contribution in [0.15, 0.2) is 30.3 Å². The first-order valence-corrected chi connectivity index (χ1v) is 4.44. The van der Waals surface area contributed by atoms with Crippen molar-refractivity contribution in [3.05, 3.63) is 30.3 Å². The van der Waals surface area contributed by atoms with Gasteiger partial charge in [-0.2, -0.15) is 0 Å². The van der Waals surface area contributed by atoms with Crippen molar-refractivity contribution in [2.24, 2.45) is 0 Å². The third-order valence-electron chi connectivity index (χ3n) is 2.16. The summed E-state index contributed by atoms with van der Waals surface area (Å²) in [5.41, 5.74) is 0.645. The summed E-state index contributed by atoms with van der Waals surface area (Å²) in [6.07, 6.45) is -1.69. The molecule has 78 valence electrons. The molecule has 0 unspecified atom stereocenters.